The predicted octanol–water partition coefficient (Wildman–Crippen LogP) is 8.51. The number of phosphoric ester groups is 1. The molecule has 0 aliphatic rings. The van der Waals surface area contributed by atoms with E-state index in [1.807, 2.05) is 36.4 Å². The predicted molar refractivity (Wildman–Crippen MR) is 130 cm³/mol. The molecule has 0 aromatic heterocycles. The van der Waals surface area contributed by atoms with Gasteiger partial charge in [0.2, 0.25) is 0 Å². The first-order valence-corrected chi connectivity index (χ1v) is 12.7. The van der Waals surface area contributed by atoms with E-state index in [1.54, 1.807) is 48.5 Å². The van der Waals surface area contributed by atoms with Gasteiger partial charge in [0.25, 0.3) is 0 Å². The van der Waals surface area contributed by atoms with Crippen molar-refractivity contribution in [3.8, 4) is 17.2 Å². The van der Waals surface area contributed by atoms with Gasteiger partial charge in [0.15, 0.2) is 0 Å². The van der Waals surface area contributed by atoms with E-state index in [1.165, 1.54) is 12.0 Å². The third kappa shape index (κ3) is 7.46. The fourth-order valence-electron chi connectivity index (χ4n) is 3.90. The summed E-state index contributed by atoms with van der Waals surface area (Å²) in [6.07, 6.45) is 2.35. The van der Waals surface area contributed by atoms with Crippen LogP contribution in [0.2, 0.25) is 0 Å². The molecule has 0 bridgehead atoms. The molecule has 0 aliphatic heterocycles. The highest BCUT2D eigenvalue weighted by atomic mass is 31.2. The highest BCUT2D eigenvalue weighted by Crippen LogP contribution is 2.49. The minimum atomic E-state index is -3.96. The van der Waals surface area contributed by atoms with Gasteiger partial charge < -0.3 is 13.6 Å². The molecule has 2 unspecified atom stereocenters. The lowest BCUT2D eigenvalue weighted by atomic mass is 9.87. The van der Waals surface area contributed by atoms with Crippen LogP contribution in [0.1, 0.15) is 52.0 Å². The van der Waals surface area contributed by atoms with Gasteiger partial charge in [-0.1, -0.05) is 76.2 Å². The average molecular weight is 453 g/mol. The van der Waals surface area contributed by atoms with E-state index >= 15 is 0 Å². The first-order chi connectivity index (χ1) is 15.3. The molecule has 0 saturated carbocycles. The molecule has 0 radical (unpaired) electrons. The van der Waals surface area contributed by atoms with E-state index in [4.69, 9.17) is 13.6 Å². The Labute approximate surface area is 192 Å². The molecule has 5 heteroatoms. The van der Waals surface area contributed by atoms with Gasteiger partial charge in [-0.3, -0.25) is 0 Å². The number of benzene rings is 3. The summed E-state index contributed by atoms with van der Waals surface area (Å²) in [6.45, 7) is 9.09. The lowest BCUT2D eigenvalue weighted by Crippen LogP contribution is -2.08. The first-order valence-electron chi connectivity index (χ1n) is 11.2. The second kappa shape index (κ2) is 11.2. The Balaban J connectivity index is 1.73. The summed E-state index contributed by atoms with van der Waals surface area (Å²) >= 11 is 0. The van der Waals surface area contributed by atoms with Crippen molar-refractivity contribution in [2.75, 3.05) is 0 Å². The quantitative estimate of drug-likeness (QED) is 0.274. The summed E-state index contributed by atoms with van der Waals surface area (Å²) in [6, 6.07) is 25.5. The van der Waals surface area contributed by atoms with Crippen LogP contribution in [-0.4, -0.2) is 0 Å². The van der Waals surface area contributed by atoms with Gasteiger partial charge in [-0.05, 0) is 72.6 Å². The van der Waals surface area contributed by atoms with Crippen LogP contribution in [-0.2, 0) is 4.57 Å². The molecular formula is C27H33O4P. The highest BCUT2D eigenvalue weighted by molar-refractivity contribution is 7.49. The van der Waals surface area contributed by atoms with Crippen LogP contribution in [0.25, 0.3) is 0 Å². The van der Waals surface area contributed by atoms with Gasteiger partial charge in [0, 0.05) is 0 Å². The third-order valence-corrected chi connectivity index (χ3v) is 6.52. The van der Waals surface area contributed by atoms with Gasteiger partial charge in [0.05, 0.1) is 0 Å². The number of hydrogen-bond donors (Lipinski definition) is 0. The lowest BCUT2D eigenvalue weighted by Gasteiger charge is -2.21. The molecule has 0 aliphatic carbocycles. The van der Waals surface area contributed by atoms with E-state index in [0.717, 1.165) is 6.42 Å². The zero-order valence-corrected chi connectivity index (χ0v) is 20.2. The Morgan fingerprint density at radius 3 is 1.50 bits per heavy atom. The molecule has 0 spiro atoms. The highest BCUT2D eigenvalue weighted by Gasteiger charge is 2.33. The van der Waals surface area contributed by atoms with Crippen molar-refractivity contribution in [1.29, 1.82) is 0 Å². The van der Waals surface area contributed by atoms with Gasteiger partial charge in [0.1, 0.15) is 17.2 Å². The molecule has 3 aromatic carbocycles. The molecule has 0 N–H and O–H groups in total. The van der Waals surface area contributed by atoms with E-state index < -0.39 is 7.82 Å². The number of phosphoric acid groups is 1. The average Bonchev–Trinajstić information content (AvgIpc) is 2.74. The Morgan fingerprint density at radius 1 is 0.625 bits per heavy atom. The van der Waals surface area contributed by atoms with Gasteiger partial charge in [-0.15, -0.1) is 0 Å². The number of rotatable bonds is 11. The summed E-state index contributed by atoms with van der Waals surface area (Å²) < 4.78 is 30.7. The van der Waals surface area contributed by atoms with Crippen LogP contribution in [0.4, 0.5) is 0 Å². The molecule has 0 amide bonds. The topological polar surface area (TPSA) is 44.8 Å². The number of para-hydroxylation sites is 2. The zero-order chi connectivity index (χ0) is 23.0. The van der Waals surface area contributed by atoms with E-state index in [9.17, 15) is 4.57 Å². The second-order valence-electron chi connectivity index (χ2n) is 8.79. The summed E-state index contributed by atoms with van der Waals surface area (Å²) in [5, 5.41) is 0. The van der Waals surface area contributed by atoms with Crippen molar-refractivity contribution in [1.82, 2.24) is 0 Å². The summed E-state index contributed by atoms with van der Waals surface area (Å²) in [5.74, 6) is 3.07. The second-order valence-corrected chi connectivity index (χ2v) is 10.2. The SMILES string of the molecule is CC(C)CC(C)CC(C)c1ccc(OP(=O)(Oc2ccccc2)Oc2ccccc2)cc1. The molecule has 0 saturated heterocycles. The smallest absolute Gasteiger partial charge is 0.386 e. The van der Waals surface area contributed by atoms with E-state index in [2.05, 4.69) is 27.7 Å². The van der Waals surface area contributed by atoms with Crippen LogP contribution < -0.4 is 13.6 Å². The minimum absolute atomic E-state index is 0.413. The third-order valence-electron chi connectivity index (χ3n) is 5.22. The maximum absolute atomic E-state index is 13.5. The standard InChI is InChI=1S/C27H33O4P/c1-21(2)19-22(3)20-23(4)24-15-17-27(18-16-24)31-32(28,29-25-11-7-5-8-12-25)30-26-13-9-6-10-14-26/h5-18,21-23H,19-20H2,1-4H3. The molecule has 4 nitrogen and oxygen atoms in total. The molecular weight excluding hydrogens is 419 g/mol. The van der Waals surface area contributed by atoms with E-state index in [0.29, 0.717) is 35.0 Å². The molecule has 3 rings (SSSR count). The minimum Gasteiger partial charge on any atom is -0.386 e. The lowest BCUT2D eigenvalue weighted by molar-refractivity contribution is 0.298. The summed E-state index contributed by atoms with van der Waals surface area (Å²) in [7, 11) is -3.96. The van der Waals surface area contributed by atoms with Crippen molar-refractivity contribution in [2.24, 2.45) is 11.8 Å². The van der Waals surface area contributed by atoms with Crippen LogP contribution >= 0.6 is 7.82 Å². The van der Waals surface area contributed by atoms with Gasteiger partial charge in [-0.2, -0.15) is 4.57 Å². The van der Waals surface area contributed by atoms with E-state index in [-0.39, 0.29) is 0 Å². The van der Waals surface area contributed by atoms with Crippen LogP contribution in [0.3, 0.4) is 0 Å². The number of hydrogen-bond acceptors (Lipinski definition) is 4. The fraction of sp³-hybridized carbons (Fsp3) is 0.333. The normalized spacial score (nSPS) is 13.4. The molecule has 2 atom stereocenters. The van der Waals surface area contributed by atoms with Gasteiger partial charge in [-0.25, -0.2) is 0 Å². The molecule has 3 aromatic rings. The Bertz CT molecular complexity index is 942. The Kier molecular flexibility index (Phi) is 8.41. The molecule has 32 heavy (non-hydrogen) atoms. The largest absolute Gasteiger partial charge is 0.647 e. The van der Waals surface area contributed by atoms with Crippen molar-refractivity contribution < 1.29 is 18.1 Å². The summed E-state index contributed by atoms with van der Waals surface area (Å²) in [4.78, 5) is 0. The zero-order valence-electron chi connectivity index (χ0n) is 19.3. The van der Waals surface area contributed by atoms with Crippen molar-refractivity contribution in [2.45, 2.75) is 46.5 Å². The monoisotopic (exact) mass is 452 g/mol. The Hall–Kier alpha value is -2.71. The van der Waals surface area contributed by atoms with Crippen molar-refractivity contribution in [3.05, 3.63) is 90.5 Å². The van der Waals surface area contributed by atoms with Gasteiger partial charge >= 0.3 is 7.82 Å². The molecule has 0 fully saturated rings. The van der Waals surface area contributed by atoms with Crippen molar-refractivity contribution >= 4 is 7.82 Å². The first kappa shape index (κ1) is 23.9. The van der Waals surface area contributed by atoms with Crippen LogP contribution in [0.5, 0.6) is 17.2 Å². The molecule has 0 heterocycles. The fourth-order valence-corrected chi connectivity index (χ4v) is 5.16. The van der Waals surface area contributed by atoms with Crippen LogP contribution in [0.15, 0.2) is 84.9 Å². The maximum Gasteiger partial charge on any atom is 0.647 e. The molecule has 170 valence electrons. The Morgan fingerprint density at radius 2 is 1.06 bits per heavy atom. The van der Waals surface area contributed by atoms with Crippen LogP contribution in [0, 0.1) is 11.8 Å². The summed E-state index contributed by atoms with van der Waals surface area (Å²) in [5.41, 5.74) is 1.23. The maximum atomic E-state index is 13.5. The van der Waals surface area contributed by atoms with Crippen molar-refractivity contribution in [3.63, 3.8) is 0 Å².